The van der Waals surface area contributed by atoms with Gasteiger partial charge in [0.05, 0.1) is 18.8 Å². The number of nitrogens with one attached hydrogen (secondary N) is 1. The van der Waals surface area contributed by atoms with Crippen LogP contribution in [0.3, 0.4) is 0 Å². The highest BCUT2D eigenvalue weighted by atomic mass is 19.4. The summed E-state index contributed by atoms with van der Waals surface area (Å²) in [5, 5.41) is 28.5. The molecule has 21 heavy (non-hydrogen) atoms. The molecule has 1 aliphatic rings. The van der Waals surface area contributed by atoms with Crippen LogP contribution in [0.5, 0.6) is 0 Å². The minimum Gasteiger partial charge on any atom is -0.390 e. The van der Waals surface area contributed by atoms with E-state index >= 15 is 0 Å². The minimum absolute atomic E-state index is 0.119. The van der Waals surface area contributed by atoms with Crippen molar-refractivity contribution < 1.29 is 23.4 Å². The Morgan fingerprint density at radius 2 is 2.10 bits per heavy atom. The van der Waals surface area contributed by atoms with E-state index in [1.165, 1.54) is 0 Å². The van der Waals surface area contributed by atoms with Crippen molar-refractivity contribution in [3.63, 3.8) is 0 Å². The molecule has 1 heterocycles. The zero-order valence-corrected chi connectivity index (χ0v) is 11.4. The molecule has 0 amide bonds. The fraction of sp³-hybridized carbons (Fsp3) is 0.833. The van der Waals surface area contributed by atoms with E-state index in [4.69, 9.17) is 10.2 Å². The molecular weight excluding hydrogens is 289 g/mol. The van der Waals surface area contributed by atoms with Crippen molar-refractivity contribution in [1.29, 1.82) is 0 Å². The van der Waals surface area contributed by atoms with Crippen LogP contribution in [0, 0.1) is 0 Å². The molecule has 0 aromatic carbocycles. The van der Waals surface area contributed by atoms with E-state index in [0.29, 0.717) is 12.1 Å². The lowest BCUT2D eigenvalue weighted by Crippen LogP contribution is -2.46. The van der Waals surface area contributed by atoms with Crippen LogP contribution in [-0.2, 0) is 6.61 Å². The number of aliphatic hydroxyl groups is 2. The molecule has 0 radical (unpaired) electrons. The van der Waals surface area contributed by atoms with E-state index in [9.17, 15) is 13.2 Å². The van der Waals surface area contributed by atoms with Gasteiger partial charge in [-0.15, -0.1) is 5.10 Å². The number of rotatable bonds is 5. The second-order valence-corrected chi connectivity index (χ2v) is 5.27. The highest BCUT2D eigenvalue weighted by Gasteiger charge is 2.39. The molecule has 6 nitrogen and oxygen atoms in total. The SMILES string of the molecule is OCc1cn([C@@H]2CCCC[C@@H]2NC[C@@H](O)C(F)(F)F)nn1. The zero-order chi connectivity index (χ0) is 15.5. The average Bonchev–Trinajstić information content (AvgIpc) is 2.92. The summed E-state index contributed by atoms with van der Waals surface area (Å²) in [6.07, 6.45) is -2.03. The first kappa shape index (κ1) is 16.2. The van der Waals surface area contributed by atoms with Crippen molar-refractivity contribution >= 4 is 0 Å². The second-order valence-electron chi connectivity index (χ2n) is 5.27. The molecule has 2 rings (SSSR count). The average molecular weight is 308 g/mol. The largest absolute Gasteiger partial charge is 0.415 e. The molecule has 120 valence electrons. The maximum absolute atomic E-state index is 12.3. The molecular formula is C12H19F3N4O2. The minimum atomic E-state index is -4.62. The normalized spacial score (nSPS) is 25.0. The number of hydrogen-bond donors (Lipinski definition) is 3. The lowest BCUT2D eigenvalue weighted by atomic mass is 9.90. The summed E-state index contributed by atoms with van der Waals surface area (Å²) in [6.45, 7) is -0.760. The van der Waals surface area contributed by atoms with Gasteiger partial charge in [-0.2, -0.15) is 13.2 Å². The van der Waals surface area contributed by atoms with E-state index in [1.807, 2.05) is 0 Å². The number of hydrogen-bond acceptors (Lipinski definition) is 5. The zero-order valence-electron chi connectivity index (χ0n) is 11.4. The third-order valence-electron chi connectivity index (χ3n) is 3.74. The van der Waals surface area contributed by atoms with Crippen LogP contribution in [0.2, 0.25) is 0 Å². The number of alkyl halides is 3. The van der Waals surface area contributed by atoms with E-state index in [2.05, 4.69) is 15.6 Å². The maximum atomic E-state index is 12.3. The van der Waals surface area contributed by atoms with Gasteiger partial charge in [0.15, 0.2) is 6.10 Å². The Kier molecular flexibility index (Phi) is 5.17. The van der Waals surface area contributed by atoms with Crippen LogP contribution in [-0.4, -0.2) is 50.1 Å². The van der Waals surface area contributed by atoms with Crippen molar-refractivity contribution in [2.24, 2.45) is 0 Å². The van der Waals surface area contributed by atoms with Gasteiger partial charge in [0.2, 0.25) is 0 Å². The van der Waals surface area contributed by atoms with Gasteiger partial charge in [0, 0.05) is 12.6 Å². The van der Waals surface area contributed by atoms with Crippen molar-refractivity contribution in [2.75, 3.05) is 6.54 Å². The van der Waals surface area contributed by atoms with Gasteiger partial charge >= 0.3 is 6.18 Å². The lowest BCUT2D eigenvalue weighted by Gasteiger charge is -2.32. The Bertz CT molecular complexity index is 452. The molecule has 9 heteroatoms. The van der Waals surface area contributed by atoms with Crippen LogP contribution >= 0.6 is 0 Å². The highest BCUT2D eigenvalue weighted by Crippen LogP contribution is 2.28. The summed E-state index contributed by atoms with van der Waals surface area (Å²) in [5.74, 6) is 0. The third kappa shape index (κ3) is 4.14. The summed E-state index contributed by atoms with van der Waals surface area (Å²) >= 11 is 0. The molecule has 0 unspecified atom stereocenters. The summed E-state index contributed by atoms with van der Waals surface area (Å²) in [7, 11) is 0. The van der Waals surface area contributed by atoms with E-state index in [-0.39, 0.29) is 18.7 Å². The number of nitrogens with zero attached hydrogens (tertiary/aromatic N) is 3. The Balaban J connectivity index is 1.99. The molecule has 3 N–H and O–H groups in total. The third-order valence-corrected chi connectivity index (χ3v) is 3.74. The standard InChI is InChI=1S/C12H19F3N4O2/c13-12(14,15)11(21)5-16-9-3-1-2-4-10(9)19-6-8(7-20)17-18-19/h6,9-11,16,20-21H,1-5,7H2/t9-,10+,11+/m0/s1. The molecule has 1 aromatic heterocycles. The van der Waals surface area contributed by atoms with Crippen molar-refractivity contribution in [3.8, 4) is 0 Å². The Morgan fingerprint density at radius 1 is 1.38 bits per heavy atom. The first-order valence-corrected chi connectivity index (χ1v) is 6.91. The quantitative estimate of drug-likeness (QED) is 0.748. The number of aliphatic hydroxyl groups excluding tert-OH is 2. The molecule has 0 saturated heterocycles. The second kappa shape index (κ2) is 6.71. The van der Waals surface area contributed by atoms with Gasteiger partial charge in [0.1, 0.15) is 5.69 Å². The molecule has 1 aliphatic carbocycles. The fourth-order valence-electron chi connectivity index (χ4n) is 2.59. The summed E-state index contributed by atoms with van der Waals surface area (Å²) in [5.41, 5.74) is 0.426. The highest BCUT2D eigenvalue weighted by molar-refractivity contribution is 4.94. The number of halogens is 3. The van der Waals surface area contributed by atoms with Gasteiger partial charge in [-0.05, 0) is 12.8 Å². The Hall–Kier alpha value is -1.19. The predicted molar refractivity (Wildman–Crippen MR) is 67.3 cm³/mol. The maximum Gasteiger partial charge on any atom is 0.415 e. The summed E-state index contributed by atoms with van der Waals surface area (Å²) < 4.78 is 38.6. The molecule has 1 fully saturated rings. The van der Waals surface area contributed by atoms with E-state index < -0.39 is 18.8 Å². The topological polar surface area (TPSA) is 83.2 Å². The summed E-state index contributed by atoms with van der Waals surface area (Å²) in [6, 6.07) is -0.323. The van der Waals surface area contributed by atoms with Crippen molar-refractivity contribution in [2.45, 2.75) is 56.7 Å². The van der Waals surface area contributed by atoms with Crippen molar-refractivity contribution in [3.05, 3.63) is 11.9 Å². The Labute approximate surface area is 120 Å². The van der Waals surface area contributed by atoms with Crippen LogP contribution in [0.4, 0.5) is 13.2 Å². The van der Waals surface area contributed by atoms with Crippen LogP contribution in [0.25, 0.3) is 0 Å². The monoisotopic (exact) mass is 308 g/mol. The predicted octanol–water partition coefficient (Wildman–Crippen LogP) is 0.767. The smallest absolute Gasteiger partial charge is 0.390 e. The molecule has 0 aliphatic heterocycles. The van der Waals surface area contributed by atoms with E-state index in [1.54, 1.807) is 10.9 Å². The fourth-order valence-corrected chi connectivity index (χ4v) is 2.59. The van der Waals surface area contributed by atoms with Gasteiger partial charge in [-0.3, -0.25) is 0 Å². The van der Waals surface area contributed by atoms with Gasteiger partial charge in [-0.1, -0.05) is 18.1 Å². The molecule has 0 bridgehead atoms. The van der Waals surface area contributed by atoms with Crippen LogP contribution in [0.15, 0.2) is 6.20 Å². The first-order chi connectivity index (χ1) is 9.91. The van der Waals surface area contributed by atoms with E-state index in [0.717, 1.165) is 19.3 Å². The van der Waals surface area contributed by atoms with Crippen LogP contribution in [0.1, 0.15) is 37.4 Å². The van der Waals surface area contributed by atoms with Gasteiger partial charge in [0.25, 0.3) is 0 Å². The number of aromatic nitrogens is 3. The van der Waals surface area contributed by atoms with Gasteiger partial charge in [-0.25, -0.2) is 4.68 Å². The Morgan fingerprint density at radius 3 is 2.71 bits per heavy atom. The lowest BCUT2D eigenvalue weighted by molar-refractivity contribution is -0.202. The van der Waals surface area contributed by atoms with Crippen LogP contribution < -0.4 is 5.32 Å². The molecule has 3 atom stereocenters. The van der Waals surface area contributed by atoms with Gasteiger partial charge < -0.3 is 15.5 Å². The molecule has 0 spiro atoms. The molecule has 1 saturated carbocycles. The molecule has 1 aromatic rings. The first-order valence-electron chi connectivity index (χ1n) is 6.91. The summed E-state index contributed by atoms with van der Waals surface area (Å²) in [4.78, 5) is 0. The van der Waals surface area contributed by atoms with Crippen molar-refractivity contribution in [1.82, 2.24) is 20.3 Å².